The van der Waals surface area contributed by atoms with E-state index in [2.05, 4.69) is 74.5 Å². The number of hydrogen-bond acceptors (Lipinski definition) is 1. The van der Waals surface area contributed by atoms with Crippen LogP contribution in [0.2, 0.25) is 10.1 Å². The average Bonchev–Trinajstić information content (AvgIpc) is 2.70. The molecule has 144 valence electrons. The topological polar surface area (TPSA) is 9.23 Å². The molecular weight excluding hydrogens is 395 g/mol. The van der Waals surface area contributed by atoms with Crippen molar-refractivity contribution in [1.29, 1.82) is 0 Å². The molecule has 0 aliphatic heterocycles. The molecule has 3 saturated carbocycles. The monoisotopic (exact) mass is 428 g/mol. The molecule has 1 nitrogen and oxygen atoms in total. The summed E-state index contributed by atoms with van der Waals surface area (Å²) in [7, 11) is 1.87. The Morgan fingerprint density at radius 3 is 2.30 bits per heavy atom. The van der Waals surface area contributed by atoms with Crippen LogP contribution in [0.4, 0.5) is 0 Å². The quantitative estimate of drug-likeness (QED) is 0.478. The standard InChI is InChI=1S/C25H32OSe/c1-25(2)20-15-22(25)21(14-18-10-6-4-7-11-18)24(16-20)27-17-23(26-3)19-12-8-5-9-13-19/h4-13,20-24H,14-17H2,1-3H3/t20-,21+,22+,23?,24+/m1/s1. The maximum atomic E-state index is 5.88. The van der Waals surface area contributed by atoms with Gasteiger partial charge in [0, 0.05) is 0 Å². The first kappa shape index (κ1) is 19.2. The molecule has 2 bridgehead atoms. The van der Waals surface area contributed by atoms with Gasteiger partial charge in [-0.15, -0.1) is 0 Å². The molecule has 0 aromatic heterocycles. The summed E-state index contributed by atoms with van der Waals surface area (Å²) < 4.78 is 5.88. The second-order valence-electron chi connectivity index (χ2n) is 8.96. The van der Waals surface area contributed by atoms with Gasteiger partial charge in [-0.25, -0.2) is 0 Å². The van der Waals surface area contributed by atoms with Crippen LogP contribution in [0, 0.1) is 23.2 Å². The van der Waals surface area contributed by atoms with Crippen molar-refractivity contribution < 1.29 is 4.74 Å². The molecule has 3 aliphatic carbocycles. The average molecular weight is 427 g/mol. The molecule has 5 rings (SSSR count). The van der Waals surface area contributed by atoms with Crippen LogP contribution in [0.3, 0.4) is 0 Å². The number of hydrogen-bond donors (Lipinski definition) is 0. The van der Waals surface area contributed by atoms with Crippen molar-refractivity contribution in [1.82, 2.24) is 0 Å². The van der Waals surface area contributed by atoms with Gasteiger partial charge in [-0.05, 0) is 0 Å². The fraction of sp³-hybridized carbons (Fsp3) is 0.520. The van der Waals surface area contributed by atoms with E-state index in [4.69, 9.17) is 4.74 Å². The van der Waals surface area contributed by atoms with Crippen LogP contribution < -0.4 is 0 Å². The maximum absolute atomic E-state index is 5.88. The molecule has 3 fully saturated rings. The van der Waals surface area contributed by atoms with E-state index >= 15 is 0 Å². The van der Waals surface area contributed by atoms with E-state index < -0.39 is 0 Å². The Balaban J connectivity index is 1.47. The van der Waals surface area contributed by atoms with E-state index in [1.807, 2.05) is 7.11 Å². The van der Waals surface area contributed by atoms with E-state index in [1.54, 1.807) is 0 Å². The predicted octanol–water partition coefficient (Wildman–Crippen LogP) is 6.21. The minimum absolute atomic E-state index is 0.259. The van der Waals surface area contributed by atoms with E-state index in [-0.39, 0.29) is 6.10 Å². The second-order valence-corrected chi connectivity index (χ2v) is 11.6. The third kappa shape index (κ3) is 3.90. The van der Waals surface area contributed by atoms with Crippen molar-refractivity contribution in [2.45, 2.75) is 49.3 Å². The third-order valence-corrected chi connectivity index (χ3v) is 10.4. The summed E-state index contributed by atoms with van der Waals surface area (Å²) in [6.45, 7) is 5.05. The van der Waals surface area contributed by atoms with Crippen molar-refractivity contribution in [2.24, 2.45) is 23.2 Å². The Morgan fingerprint density at radius 2 is 1.67 bits per heavy atom. The number of rotatable bonds is 7. The predicted molar refractivity (Wildman–Crippen MR) is 114 cm³/mol. The van der Waals surface area contributed by atoms with E-state index in [1.165, 1.54) is 35.7 Å². The van der Waals surface area contributed by atoms with Crippen molar-refractivity contribution >= 4 is 15.0 Å². The summed E-state index contributed by atoms with van der Waals surface area (Å²) >= 11 is 0.628. The van der Waals surface area contributed by atoms with Crippen LogP contribution in [0.25, 0.3) is 0 Å². The zero-order valence-electron chi connectivity index (χ0n) is 16.8. The molecule has 0 amide bonds. The summed E-state index contributed by atoms with van der Waals surface area (Å²) in [5, 5.41) is 1.20. The van der Waals surface area contributed by atoms with Crippen molar-refractivity contribution in [3.8, 4) is 0 Å². The second kappa shape index (κ2) is 8.11. The first-order valence-electron chi connectivity index (χ1n) is 10.3. The Hall–Kier alpha value is -1.08. The Labute approximate surface area is 171 Å². The van der Waals surface area contributed by atoms with E-state index in [0.29, 0.717) is 20.4 Å². The van der Waals surface area contributed by atoms with Crippen molar-refractivity contribution in [3.63, 3.8) is 0 Å². The first-order valence-corrected chi connectivity index (χ1v) is 12.5. The van der Waals surface area contributed by atoms with Gasteiger partial charge in [-0.1, -0.05) is 0 Å². The van der Waals surface area contributed by atoms with Gasteiger partial charge in [-0.3, -0.25) is 0 Å². The van der Waals surface area contributed by atoms with Gasteiger partial charge in [0.05, 0.1) is 0 Å². The molecular formula is C25H32OSe. The van der Waals surface area contributed by atoms with Crippen LogP contribution in [0.15, 0.2) is 60.7 Å². The Morgan fingerprint density at radius 1 is 1.00 bits per heavy atom. The Kier molecular flexibility index (Phi) is 5.78. The molecule has 2 aromatic carbocycles. The molecule has 3 aliphatic rings. The number of ether oxygens (including phenoxy) is 1. The third-order valence-electron chi connectivity index (χ3n) is 7.29. The van der Waals surface area contributed by atoms with Gasteiger partial charge in [0.2, 0.25) is 0 Å². The van der Waals surface area contributed by atoms with Crippen molar-refractivity contribution in [3.05, 3.63) is 71.8 Å². The summed E-state index contributed by atoms with van der Waals surface area (Å²) in [6.07, 6.45) is 4.42. The van der Waals surface area contributed by atoms with Gasteiger partial charge in [0.1, 0.15) is 0 Å². The molecule has 5 atom stereocenters. The number of benzene rings is 2. The normalized spacial score (nSPS) is 29.7. The molecule has 0 heterocycles. The summed E-state index contributed by atoms with van der Waals surface area (Å²) in [4.78, 5) is 0.899. The summed E-state index contributed by atoms with van der Waals surface area (Å²) in [6, 6.07) is 22.0. The zero-order chi connectivity index (χ0) is 18.9. The zero-order valence-corrected chi connectivity index (χ0v) is 18.5. The minimum atomic E-state index is 0.259. The van der Waals surface area contributed by atoms with Crippen LogP contribution in [-0.2, 0) is 11.2 Å². The molecule has 1 unspecified atom stereocenters. The van der Waals surface area contributed by atoms with Gasteiger partial charge < -0.3 is 0 Å². The van der Waals surface area contributed by atoms with Crippen LogP contribution >= 0.6 is 0 Å². The molecule has 0 N–H and O–H groups in total. The van der Waals surface area contributed by atoms with E-state index in [9.17, 15) is 0 Å². The SMILES string of the molecule is COC(C[Se][C@H]1C[C@H]2C[C@@H]([C@@H]1Cc1ccccc1)C2(C)C)c1ccccc1. The van der Waals surface area contributed by atoms with Gasteiger partial charge >= 0.3 is 171 Å². The number of fused-ring (bicyclic) bond motifs is 2. The van der Waals surface area contributed by atoms with E-state index in [0.717, 1.165) is 22.6 Å². The van der Waals surface area contributed by atoms with Crippen molar-refractivity contribution in [2.75, 3.05) is 7.11 Å². The molecule has 0 saturated heterocycles. The molecule has 2 aromatic rings. The molecule has 2 heteroatoms. The summed E-state index contributed by atoms with van der Waals surface area (Å²) in [5.74, 6) is 2.70. The van der Waals surface area contributed by atoms with Crippen LogP contribution in [0.5, 0.6) is 0 Å². The van der Waals surface area contributed by atoms with Gasteiger partial charge in [-0.2, -0.15) is 0 Å². The fourth-order valence-electron chi connectivity index (χ4n) is 5.43. The molecule has 0 spiro atoms. The number of methoxy groups -OCH3 is 1. The Bertz CT molecular complexity index is 727. The first-order chi connectivity index (χ1) is 13.1. The van der Waals surface area contributed by atoms with Crippen LogP contribution in [-0.4, -0.2) is 22.1 Å². The molecule has 27 heavy (non-hydrogen) atoms. The van der Waals surface area contributed by atoms with Gasteiger partial charge in [0.15, 0.2) is 0 Å². The van der Waals surface area contributed by atoms with Gasteiger partial charge in [0.25, 0.3) is 0 Å². The fourth-order valence-corrected chi connectivity index (χ4v) is 8.89. The summed E-state index contributed by atoms with van der Waals surface area (Å²) in [5.41, 5.74) is 3.41. The van der Waals surface area contributed by atoms with Crippen LogP contribution in [0.1, 0.15) is 43.9 Å². The molecule has 0 radical (unpaired) electrons.